The van der Waals surface area contributed by atoms with Gasteiger partial charge in [0.05, 0.1) is 18.2 Å². The summed E-state index contributed by atoms with van der Waals surface area (Å²) in [5.74, 6) is 0.432. The molecule has 0 heterocycles. The van der Waals surface area contributed by atoms with Gasteiger partial charge in [0, 0.05) is 11.4 Å². The van der Waals surface area contributed by atoms with E-state index in [0.717, 1.165) is 5.56 Å². The number of carbonyl (C=O) groups excluding carboxylic acids is 2. The number of nitrogens with one attached hydrogen (secondary N) is 2. The summed E-state index contributed by atoms with van der Waals surface area (Å²) in [5, 5.41) is 15.0. The van der Waals surface area contributed by atoms with E-state index < -0.39 is 5.91 Å². The molecule has 0 aliphatic carbocycles. The molecule has 0 saturated heterocycles. The molecule has 0 spiro atoms. The van der Waals surface area contributed by atoms with Crippen LogP contribution in [0.2, 0.25) is 0 Å². The van der Waals surface area contributed by atoms with Crippen molar-refractivity contribution >= 4 is 45.2 Å². The molecule has 0 aliphatic rings. The Kier molecular flexibility index (Phi) is 9.69. The number of aryl methyl sites for hydroxylation is 1. The standard InChI is InChI=1S/C28H26BrN3O5/c1-4-36-23-11-9-22(10-12-23)32-28(34)20(16-30)13-19-14-24(29)27(25(15-19)35-3)37-17-26(33)31-21-7-5-18(2)6-8-21/h5-15H,4,17H2,1-3H3,(H,31,33)(H,32,34)/b20-13+. The highest BCUT2D eigenvalue weighted by atomic mass is 79.9. The number of anilines is 2. The Morgan fingerprint density at radius 1 is 1.00 bits per heavy atom. The zero-order valence-corrected chi connectivity index (χ0v) is 22.2. The van der Waals surface area contributed by atoms with Gasteiger partial charge in [-0.15, -0.1) is 0 Å². The predicted octanol–water partition coefficient (Wildman–Crippen LogP) is 5.73. The lowest BCUT2D eigenvalue weighted by atomic mass is 10.1. The second kappa shape index (κ2) is 13.1. The number of hydrogen-bond acceptors (Lipinski definition) is 6. The first-order chi connectivity index (χ1) is 17.8. The summed E-state index contributed by atoms with van der Waals surface area (Å²) in [6.07, 6.45) is 1.44. The lowest BCUT2D eigenvalue weighted by Crippen LogP contribution is -2.20. The highest BCUT2D eigenvalue weighted by molar-refractivity contribution is 9.10. The van der Waals surface area contributed by atoms with Crippen LogP contribution in [0.3, 0.4) is 0 Å². The monoisotopic (exact) mass is 563 g/mol. The zero-order chi connectivity index (χ0) is 26.8. The first kappa shape index (κ1) is 27.3. The molecule has 0 radical (unpaired) electrons. The van der Waals surface area contributed by atoms with Crippen LogP contribution in [0.25, 0.3) is 6.08 Å². The van der Waals surface area contributed by atoms with Crippen molar-refractivity contribution in [2.24, 2.45) is 0 Å². The van der Waals surface area contributed by atoms with Crippen molar-refractivity contribution in [2.45, 2.75) is 13.8 Å². The number of rotatable bonds is 10. The van der Waals surface area contributed by atoms with E-state index in [-0.39, 0.29) is 18.1 Å². The predicted molar refractivity (Wildman–Crippen MR) is 146 cm³/mol. The largest absolute Gasteiger partial charge is 0.494 e. The maximum Gasteiger partial charge on any atom is 0.266 e. The molecular formula is C28H26BrN3O5. The number of halogens is 1. The fraction of sp³-hybridized carbons (Fsp3) is 0.179. The van der Waals surface area contributed by atoms with Crippen LogP contribution in [0.5, 0.6) is 17.2 Å². The number of hydrogen-bond donors (Lipinski definition) is 2. The maximum atomic E-state index is 12.7. The molecule has 3 rings (SSSR count). The molecule has 0 bridgehead atoms. The van der Waals surface area contributed by atoms with Gasteiger partial charge in [-0.1, -0.05) is 17.7 Å². The van der Waals surface area contributed by atoms with E-state index in [9.17, 15) is 14.9 Å². The fourth-order valence-electron chi connectivity index (χ4n) is 3.25. The average molecular weight is 564 g/mol. The number of nitrogens with zero attached hydrogens (tertiary/aromatic N) is 1. The minimum Gasteiger partial charge on any atom is -0.494 e. The molecule has 3 aromatic rings. The van der Waals surface area contributed by atoms with E-state index in [4.69, 9.17) is 14.2 Å². The normalized spacial score (nSPS) is 10.7. The van der Waals surface area contributed by atoms with Crippen LogP contribution in [-0.4, -0.2) is 32.1 Å². The van der Waals surface area contributed by atoms with Gasteiger partial charge < -0.3 is 24.8 Å². The van der Waals surface area contributed by atoms with Crippen LogP contribution in [0, 0.1) is 18.3 Å². The van der Waals surface area contributed by atoms with Crippen molar-refractivity contribution in [3.05, 3.63) is 81.8 Å². The summed E-state index contributed by atoms with van der Waals surface area (Å²) >= 11 is 3.42. The molecule has 190 valence electrons. The van der Waals surface area contributed by atoms with E-state index in [2.05, 4.69) is 26.6 Å². The number of nitriles is 1. The fourth-order valence-corrected chi connectivity index (χ4v) is 3.82. The van der Waals surface area contributed by atoms with Crippen LogP contribution in [0.1, 0.15) is 18.1 Å². The van der Waals surface area contributed by atoms with E-state index in [1.165, 1.54) is 13.2 Å². The first-order valence-electron chi connectivity index (χ1n) is 11.4. The van der Waals surface area contributed by atoms with Crippen LogP contribution in [0.15, 0.2) is 70.7 Å². The third kappa shape index (κ3) is 7.85. The smallest absolute Gasteiger partial charge is 0.266 e. The summed E-state index contributed by atoms with van der Waals surface area (Å²) < 4.78 is 17.0. The van der Waals surface area contributed by atoms with Gasteiger partial charge in [0.15, 0.2) is 18.1 Å². The molecule has 0 aliphatic heterocycles. The number of ether oxygens (including phenoxy) is 3. The molecule has 37 heavy (non-hydrogen) atoms. The summed E-state index contributed by atoms with van der Waals surface area (Å²) in [5.41, 5.74) is 2.71. The third-order valence-electron chi connectivity index (χ3n) is 5.03. The molecular weight excluding hydrogens is 538 g/mol. The quantitative estimate of drug-likeness (QED) is 0.241. The molecule has 0 atom stereocenters. The highest BCUT2D eigenvalue weighted by Crippen LogP contribution is 2.37. The van der Waals surface area contributed by atoms with Gasteiger partial charge >= 0.3 is 0 Å². The summed E-state index contributed by atoms with van der Waals surface area (Å²) in [6.45, 7) is 4.14. The molecule has 0 saturated carbocycles. The van der Waals surface area contributed by atoms with Gasteiger partial charge in [0.2, 0.25) is 0 Å². The Morgan fingerprint density at radius 2 is 1.65 bits per heavy atom. The molecule has 9 heteroatoms. The molecule has 2 amide bonds. The summed E-state index contributed by atoms with van der Waals surface area (Å²) in [6, 6.07) is 19.5. The summed E-state index contributed by atoms with van der Waals surface area (Å²) in [7, 11) is 1.46. The minimum atomic E-state index is -0.560. The van der Waals surface area contributed by atoms with Crippen molar-refractivity contribution in [1.82, 2.24) is 0 Å². The van der Waals surface area contributed by atoms with Crippen LogP contribution < -0.4 is 24.8 Å². The average Bonchev–Trinajstić information content (AvgIpc) is 2.88. The van der Waals surface area contributed by atoms with E-state index in [1.807, 2.05) is 44.2 Å². The van der Waals surface area contributed by atoms with E-state index in [1.54, 1.807) is 36.4 Å². The Hall–Kier alpha value is -4.29. The lowest BCUT2D eigenvalue weighted by molar-refractivity contribution is -0.118. The molecule has 8 nitrogen and oxygen atoms in total. The van der Waals surface area contributed by atoms with Gasteiger partial charge in [-0.05, 0) is 89.9 Å². The van der Waals surface area contributed by atoms with E-state index in [0.29, 0.717) is 45.3 Å². The van der Waals surface area contributed by atoms with Gasteiger partial charge in [0.25, 0.3) is 11.8 Å². The highest BCUT2D eigenvalue weighted by Gasteiger charge is 2.15. The Balaban J connectivity index is 1.70. The SMILES string of the molecule is CCOc1ccc(NC(=O)/C(C#N)=C/c2cc(Br)c(OCC(=O)Nc3ccc(C)cc3)c(OC)c2)cc1. The molecule has 0 fully saturated rings. The van der Waals surface area contributed by atoms with Crippen LogP contribution in [0.4, 0.5) is 11.4 Å². The van der Waals surface area contributed by atoms with Gasteiger partial charge in [0.1, 0.15) is 17.4 Å². The second-order valence-corrected chi connectivity index (χ2v) is 8.67. The zero-order valence-electron chi connectivity index (χ0n) is 20.6. The molecule has 0 aromatic heterocycles. The minimum absolute atomic E-state index is 0.103. The Labute approximate surface area is 224 Å². The molecule has 0 unspecified atom stereocenters. The Bertz CT molecular complexity index is 1330. The van der Waals surface area contributed by atoms with Crippen molar-refractivity contribution < 1.29 is 23.8 Å². The van der Waals surface area contributed by atoms with Crippen molar-refractivity contribution in [2.75, 3.05) is 31.0 Å². The Morgan fingerprint density at radius 3 is 2.27 bits per heavy atom. The van der Waals surface area contributed by atoms with Crippen LogP contribution in [-0.2, 0) is 9.59 Å². The summed E-state index contributed by atoms with van der Waals surface area (Å²) in [4.78, 5) is 25.0. The number of methoxy groups -OCH3 is 1. The first-order valence-corrected chi connectivity index (χ1v) is 12.1. The van der Waals surface area contributed by atoms with Gasteiger partial charge in [-0.3, -0.25) is 9.59 Å². The number of amides is 2. The lowest BCUT2D eigenvalue weighted by Gasteiger charge is -2.14. The van der Waals surface area contributed by atoms with E-state index >= 15 is 0 Å². The van der Waals surface area contributed by atoms with Crippen molar-refractivity contribution in [1.29, 1.82) is 5.26 Å². The van der Waals surface area contributed by atoms with Crippen molar-refractivity contribution in [3.8, 4) is 23.3 Å². The van der Waals surface area contributed by atoms with Crippen LogP contribution >= 0.6 is 15.9 Å². The second-order valence-electron chi connectivity index (χ2n) is 7.82. The molecule has 3 aromatic carbocycles. The topological polar surface area (TPSA) is 110 Å². The number of carbonyl (C=O) groups is 2. The molecule has 2 N–H and O–H groups in total. The van der Waals surface area contributed by atoms with Gasteiger partial charge in [-0.2, -0.15) is 5.26 Å². The van der Waals surface area contributed by atoms with Crippen molar-refractivity contribution in [3.63, 3.8) is 0 Å². The van der Waals surface area contributed by atoms with Gasteiger partial charge in [-0.25, -0.2) is 0 Å². The maximum absolute atomic E-state index is 12.7. The number of benzene rings is 3. The third-order valence-corrected chi connectivity index (χ3v) is 5.62.